The van der Waals surface area contributed by atoms with Gasteiger partial charge >= 0.3 is 0 Å². The zero-order valence-corrected chi connectivity index (χ0v) is 14.3. The molecular formula is C17H17BrN4O2. The van der Waals surface area contributed by atoms with E-state index in [2.05, 4.69) is 37.3 Å². The quantitative estimate of drug-likeness (QED) is 0.477. The zero-order chi connectivity index (χ0) is 16.9. The highest BCUT2D eigenvalue weighted by atomic mass is 79.9. The molecule has 0 radical (unpaired) electrons. The van der Waals surface area contributed by atoms with E-state index in [1.165, 1.54) is 6.21 Å². The number of nitrogens with zero attached hydrogens (tertiary/aromatic N) is 1. The highest BCUT2D eigenvalue weighted by Crippen LogP contribution is 2.22. The second kappa shape index (κ2) is 7.57. The van der Waals surface area contributed by atoms with Crippen LogP contribution in [0.1, 0.15) is 23.6 Å². The number of phenolic OH excluding ortho intramolecular Hbond substituents is 1. The topological polar surface area (TPSA) is 85.8 Å². The molecule has 24 heavy (non-hydrogen) atoms. The van der Waals surface area contributed by atoms with Crippen molar-refractivity contribution in [1.29, 1.82) is 0 Å². The molecule has 7 heteroatoms. The largest absolute Gasteiger partial charge is 0.507 e. The van der Waals surface area contributed by atoms with Crippen LogP contribution < -0.4 is 16.3 Å². The molecule has 1 amide bonds. The molecule has 2 atom stereocenters. The summed E-state index contributed by atoms with van der Waals surface area (Å²) in [4.78, 5) is 12.2. The summed E-state index contributed by atoms with van der Waals surface area (Å²) in [6.45, 7) is 0. The summed E-state index contributed by atoms with van der Waals surface area (Å²) in [5, 5.41) is 13.6. The lowest BCUT2D eigenvalue weighted by atomic mass is 10.0. The average Bonchev–Trinajstić information content (AvgIpc) is 3.09. The van der Waals surface area contributed by atoms with Crippen molar-refractivity contribution < 1.29 is 9.90 Å². The van der Waals surface area contributed by atoms with Gasteiger partial charge in [0.2, 0.25) is 0 Å². The van der Waals surface area contributed by atoms with Gasteiger partial charge in [0.05, 0.1) is 6.21 Å². The van der Waals surface area contributed by atoms with Gasteiger partial charge in [-0.2, -0.15) is 5.10 Å². The maximum absolute atomic E-state index is 12.2. The predicted molar refractivity (Wildman–Crippen MR) is 95.4 cm³/mol. The van der Waals surface area contributed by atoms with E-state index in [0.717, 1.165) is 10.0 Å². The van der Waals surface area contributed by atoms with Gasteiger partial charge < -0.3 is 5.11 Å². The summed E-state index contributed by atoms with van der Waals surface area (Å²) >= 11 is 3.32. The molecular weight excluding hydrogens is 372 g/mol. The molecule has 2 aromatic rings. The number of carbonyl (C=O) groups excluding carboxylic acids is 1. The van der Waals surface area contributed by atoms with Gasteiger partial charge in [-0.05, 0) is 30.2 Å². The number of amides is 1. The third-order valence-corrected chi connectivity index (χ3v) is 4.28. The number of rotatable bonds is 4. The molecule has 0 saturated carbocycles. The van der Waals surface area contributed by atoms with Crippen LogP contribution in [-0.4, -0.2) is 23.3 Å². The molecule has 1 heterocycles. The van der Waals surface area contributed by atoms with E-state index in [0.29, 0.717) is 12.0 Å². The van der Waals surface area contributed by atoms with Crippen LogP contribution in [0.25, 0.3) is 0 Å². The monoisotopic (exact) mass is 388 g/mol. The SMILES string of the molecule is O=C(N/N=C/c1cc(Br)ccc1O)C1CC(c2ccccc2)NN1. The molecule has 4 N–H and O–H groups in total. The minimum absolute atomic E-state index is 0.0834. The number of halogens is 1. The van der Waals surface area contributed by atoms with E-state index in [-0.39, 0.29) is 23.7 Å². The van der Waals surface area contributed by atoms with Crippen LogP contribution in [0.3, 0.4) is 0 Å². The molecule has 124 valence electrons. The number of carbonyl (C=O) groups is 1. The number of hydrogen-bond donors (Lipinski definition) is 4. The number of hydrazine groups is 1. The highest BCUT2D eigenvalue weighted by molar-refractivity contribution is 9.10. The van der Waals surface area contributed by atoms with Crippen molar-refractivity contribution in [2.45, 2.75) is 18.5 Å². The first-order valence-corrected chi connectivity index (χ1v) is 8.30. The molecule has 0 aliphatic carbocycles. The molecule has 1 saturated heterocycles. The summed E-state index contributed by atoms with van der Waals surface area (Å²) in [7, 11) is 0. The van der Waals surface area contributed by atoms with Crippen LogP contribution in [0, 0.1) is 0 Å². The minimum Gasteiger partial charge on any atom is -0.507 e. The second-order valence-corrected chi connectivity index (χ2v) is 6.39. The zero-order valence-electron chi connectivity index (χ0n) is 12.7. The van der Waals surface area contributed by atoms with Crippen LogP contribution in [0.15, 0.2) is 58.1 Å². The maximum atomic E-state index is 12.2. The van der Waals surface area contributed by atoms with Gasteiger partial charge in [0, 0.05) is 16.1 Å². The fourth-order valence-electron chi connectivity index (χ4n) is 2.50. The van der Waals surface area contributed by atoms with E-state index in [4.69, 9.17) is 0 Å². The van der Waals surface area contributed by atoms with Gasteiger partial charge in [0.25, 0.3) is 5.91 Å². The van der Waals surface area contributed by atoms with Crippen molar-refractivity contribution in [1.82, 2.24) is 16.3 Å². The Labute approximate surface area is 148 Å². The molecule has 6 nitrogen and oxygen atoms in total. The molecule has 1 fully saturated rings. The van der Waals surface area contributed by atoms with Crippen LogP contribution >= 0.6 is 15.9 Å². The predicted octanol–water partition coefficient (Wildman–Crippen LogP) is 2.21. The van der Waals surface area contributed by atoms with Crippen LogP contribution in [0.4, 0.5) is 0 Å². The average molecular weight is 389 g/mol. The number of nitrogens with one attached hydrogen (secondary N) is 3. The lowest BCUT2D eigenvalue weighted by Crippen LogP contribution is -2.41. The van der Waals surface area contributed by atoms with Crippen molar-refractivity contribution >= 4 is 28.1 Å². The van der Waals surface area contributed by atoms with Gasteiger partial charge in [-0.3, -0.25) is 4.79 Å². The molecule has 2 unspecified atom stereocenters. The van der Waals surface area contributed by atoms with Gasteiger partial charge in [-0.15, -0.1) is 0 Å². The number of phenols is 1. The van der Waals surface area contributed by atoms with Crippen molar-refractivity contribution in [3.05, 3.63) is 64.1 Å². The van der Waals surface area contributed by atoms with Gasteiger partial charge in [-0.25, -0.2) is 16.3 Å². The highest BCUT2D eigenvalue weighted by Gasteiger charge is 2.29. The molecule has 0 bridgehead atoms. The fourth-order valence-corrected chi connectivity index (χ4v) is 2.88. The Morgan fingerprint density at radius 3 is 2.83 bits per heavy atom. The van der Waals surface area contributed by atoms with Gasteiger partial charge in [0.1, 0.15) is 11.8 Å². The smallest absolute Gasteiger partial charge is 0.258 e. The van der Waals surface area contributed by atoms with Crippen LogP contribution in [0.2, 0.25) is 0 Å². The summed E-state index contributed by atoms with van der Waals surface area (Å²) in [6.07, 6.45) is 2.04. The van der Waals surface area contributed by atoms with E-state index in [1.807, 2.05) is 30.3 Å². The fraction of sp³-hybridized carbons (Fsp3) is 0.176. The van der Waals surface area contributed by atoms with Crippen LogP contribution in [-0.2, 0) is 4.79 Å². The van der Waals surface area contributed by atoms with Crippen molar-refractivity contribution in [3.8, 4) is 5.75 Å². The van der Waals surface area contributed by atoms with E-state index in [1.54, 1.807) is 18.2 Å². The van der Waals surface area contributed by atoms with Crippen molar-refractivity contribution in [3.63, 3.8) is 0 Å². The standard InChI is InChI=1S/C17H17BrN4O2/c18-13-6-7-16(23)12(8-13)10-19-22-17(24)15-9-14(20-21-15)11-4-2-1-3-5-11/h1-8,10,14-15,20-21,23H,9H2,(H,22,24)/b19-10+. The number of hydrogen-bond acceptors (Lipinski definition) is 5. The van der Waals surface area contributed by atoms with E-state index >= 15 is 0 Å². The first-order chi connectivity index (χ1) is 11.6. The summed E-state index contributed by atoms with van der Waals surface area (Å²) in [6, 6.07) is 14.7. The van der Waals surface area contributed by atoms with E-state index in [9.17, 15) is 9.90 Å². The third-order valence-electron chi connectivity index (χ3n) is 3.79. The Morgan fingerprint density at radius 2 is 2.04 bits per heavy atom. The minimum atomic E-state index is -0.372. The maximum Gasteiger partial charge on any atom is 0.258 e. The molecule has 1 aliphatic rings. The number of benzene rings is 2. The van der Waals surface area contributed by atoms with Crippen molar-refractivity contribution in [2.24, 2.45) is 5.10 Å². The molecule has 0 aromatic heterocycles. The lowest BCUT2D eigenvalue weighted by Gasteiger charge is -2.08. The summed E-state index contributed by atoms with van der Waals surface area (Å²) in [5.41, 5.74) is 10.2. The lowest BCUT2D eigenvalue weighted by molar-refractivity contribution is -0.122. The molecule has 1 aliphatic heterocycles. The van der Waals surface area contributed by atoms with E-state index < -0.39 is 0 Å². The summed E-state index contributed by atoms with van der Waals surface area (Å²) in [5.74, 6) is -0.132. The number of aromatic hydroxyl groups is 1. The Bertz CT molecular complexity index is 752. The normalized spacial score (nSPS) is 20.4. The summed E-state index contributed by atoms with van der Waals surface area (Å²) < 4.78 is 0.820. The third kappa shape index (κ3) is 4.00. The Morgan fingerprint density at radius 1 is 1.25 bits per heavy atom. The first kappa shape index (κ1) is 16.6. The molecule has 2 aromatic carbocycles. The van der Waals surface area contributed by atoms with Gasteiger partial charge in [-0.1, -0.05) is 46.3 Å². The van der Waals surface area contributed by atoms with Crippen molar-refractivity contribution in [2.75, 3.05) is 0 Å². The Kier molecular flexibility index (Phi) is 5.24. The Hall–Kier alpha value is -2.22. The first-order valence-electron chi connectivity index (χ1n) is 7.51. The molecule has 0 spiro atoms. The molecule has 3 rings (SSSR count). The van der Waals surface area contributed by atoms with Gasteiger partial charge in [0.15, 0.2) is 0 Å². The second-order valence-electron chi connectivity index (χ2n) is 5.48. The van der Waals surface area contributed by atoms with Crippen LogP contribution in [0.5, 0.6) is 5.75 Å². The Balaban J connectivity index is 1.56. The number of hydrazone groups is 1.